The van der Waals surface area contributed by atoms with Crippen LogP contribution in [0.4, 0.5) is 0 Å². The van der Waals surface area contributed by atoms with E-state index in [9.17, 15) is 4.79 Å². The van der Waals surface area contributed by atoms with Crippen LogP contribution in [0.3, 0.4) is 0 Å². The Morgan fingerprint density at radius 2 is 1.08 bits per heavy atom. The Bertz CT molecular complexity index is 281. The first-order chi connectivity index (χ1) is 11.7. The number of hydrogen-bond acceptors (Lipinski definition) is 2. The number of aliphatic carboxylic acids is 1. The standard InChI is InChI=1S/C21H43NO2.Na.H/c1-2-3-4-5-6-7-8-9-10-11-12-13-14-15-16-17-18-20(19-22)21(23)24;;/h20H,2-19,22H2,1H3,(H,23,24);;/q;+1;-1. The number of carboxylic acids is 1. The Balaban J connectivity index is -0.00000264. The summed E-state index contributed by atoms with van der Waals surface area (Å²) in [7, 11) is 0. The Morgan fingerprint density at radius 3 is 1.36 bits per heavy atom. The number of nitrogens with two attached hydrogens (primary N) is 1. The maximum absolute atomic E-state index is 10.8. The number of rotatable bonds is 19. The number of carbonyl (C=O) groups is 1. The molecule has 146 valence electrons. The van der Waals surface area contributed by atoms with Crippen molar-refractivity contribution >= 4 is 5.97 Å². The zero-order valence-electron chi connectivity index (χ0n) is 18.2. The van der Waals surface area contributed by atoms with Gasteiger partial charge in [0.2, 0.25) is 0 Å². The zero-order chi connectivity index (χ0) is 17.9. The normalized spacial score (nSPS) is 11.9. The molecule has 1 atom stereocenters. The maximum atomic E-state index is 10.8. The smallest absolute Gasteiger partial charge is 1.00 e. The average molecular weight is 366 g/mol. The van der Waals surface area contributed by atoms with Crippen molar-refractivity contribution in [2.45, 2.75) is 116 Å². The Hall–Kier alpha value is 0.430. The predicted molar refractivity (Wildman–Crippen MR) is 105 cm³/mol. The molecule has 3 nitrogen and oxygen atoms in total. The fourth-order valence-corrected chi connectivity index (χ4v) is 3.28. The van der Waals surface area contributed by atoms with Crippen molar-refractivity contribution < 1.29 is 40.9 Å². The minimum atomic E-state index is -0.738. The molecule has 0 aliphatic heterocycles. The van der Waals surface area contributed by atoms with Gasteiger partial charge in [0.1, 0.15) is 0 Å². The second-order valence-electron chi connectivity index (χ2n) is 7.36. The van der Waals surface area contributed by atoms with E-state index in [2.05, 4.69) is 6.92 Å². The molecule has 1 unspecified atom stereocenters. The molecule has 0 heterocycles. The van der Waals surface area contributed by atoms with Crippen molar-refractivity contribution in [3.8, 4) is 0 Å². The van der Waals surface area contributed by atoms with Gasteiger partial charge in [-0.25, -0.2) is 0 Å². The van der Waals surface area contributed by atoms with E-state index >= 15 is 0 Å². The van der Waals surface area contributed by atoms with Crippen LogP contribution in [0.1, 0.15) is 118 Å². The van der Waals surface area contributed by atoms with Gasteiger partial charge in [0.05, 0.1) is 5.92 Å². The maximum Gasteiger partial charge on any atom is 1.00 e. The van der Waals surface area contributed by atoms with Crippen molar-refractivity contribution in [3.63, 3.8) is 0 Å². The summed E-state index contributed by atoms with van der Waals surface area (Å²) in [5.74, 6) is -1.07. The molecule has 4 heteroatoms. The van der Waals surface area contributed by atoms with Gasteiger partial charge >= 0.3 is 35.5 Å². The van der Waals surface area contributed by atoms with Crippen molar-refractivity contribution in [1.29, 1.82) is 0 Å². The average Bonchev–Trinajstić information content (AvgIpc) is 2.57. The van der Waals surface area contributed by atoms with Crippen LogP contribution in [-0.4, -0.2) is 17.6 Å². The van der Waals surface area contributed by atoms with Crippen LogP contribution in [0.25, 0.3) is 0 Å². The van der Waals surface area contributed by atoms with Crippen LogP contribution in [-0.2, 0) is 4.79 Å². The fraction of sp³-hybridized carbons (Fsp3) is 0.952. The van der Waals surface area contributed by atoms with Gasteiger partial charge in [0.15, 0.2) is 0 Å². The molecule has 0 saturated heterocycles. The summed E-state index contributed by atoms with van der Waals surface area (Å²) in [6.07, 6.45) is 22.3. The van der Waals surface area contributed by atoms with Gasteiger partial charge in [-0.15, -0.1) is 0 Å². The molecule has 0 aliphatic carbocycles. The largest absolute Gasteiger partial charge is 1.00 e. The van der Waals surface area contributed by atoms with Crippen molar-refractivity contribution in [1.82, 2.24) is 0 Å². The van der Waals surface area contributed by atoms with Gasteiger partial charge in [-0.1, -0.05) is 110 Å². The Kier molecular flexibility index (Phi) is 24.9. The van der Waals surface area contributed by atoms with E-state index < -0.39 is 5.97 Å². The summed E-state index contributed by atoms with van der Waals surface area (Å²) in [5.41, 5.74) is 5.46. The van der Waals surface area contributed by atoms with Gasteiger partial charge in [0.25, 0.3) is 0 Å². The second-order valence-corrected chi connectivity index (χ2v) is 7.36. The number of unbranched alkanes of at least 4 members (excludes halogenated alkanes) is 15. The van der Waals surface area contributed by atoms with Crippen molar-refractivity contribution in [3.05, 3.63) is 0 Å². The van der Waals surface area contributed by atoms with Gasteiger partial charge in [-0.3, -0.25) is 4.79 Å². The van der Waals surface area contributed by atoms with Crippen LogP contribution in [0.5, 0.6) is 0 Å². The van der Waals surface area contributed by atoms with Gasteiger partial charge in [-0.2, -0.15) is 0 Å². The van der Waals surface area contributed by atoms with E-state index in [1.54, 1.807) is 0 Å². The minimum Gasteiger partial charge on any atom is -1.00 e. The molecule has 0 aromatic carbocycles. The molecule has 0 aliphatic rings. The SMILES string of the molecule is CCCCCCCCCCCCCCCCCCC(CN)C(=O)O.[H-].[Na+]. The molecule has 0 amide bonds. The predicted octanol–water partition coefficient (Wildman–Crippen LogP) is 3.41. The molecule has 0 rings (SSSR count). The summed E-state index contributed by atoms with van der Waals surface area (Å²) < 4.78 is 0. The summed E-state index contributed by atoms with van der Waals surface area (Å²) in [5, 5.41) is 8.92. The third kappa shape index (κ3) is 20.6. The van der Waals surface area contributed by atoms with Crippen LogP contribution in [0.15, 0.2) is 0 Å². The first-order valence-electron chi connectivity index (χ1n) is 10.6. The van der Waals surface area contributed by atoms with Crippen LogP contribution in [0.2, 0.25) is 0 Å². The summed E-state index contributed by atoms with van der Waals surface area (Å²) in [6, 6.07) is 0. The zero-order valence-corrected chi connectivity index (χ0v) is 19.2. The van der Waals surface area contributed by atoms with E-state index in [0.29, 0.717) is 0 Å². The van der Waals surface area contributed by atoms with E-state index in [-0.39, 0.29) is 43.4 Å². The summed E-state index contributed by atoms with van der Waals surface area (Å²) >= 11 is 0. The monoisotopic (exact) mass is 365 g/mol. The molecule has 0 aromatic rings. The van der Waals surface area contributed by atoms with E-state index in [1.807, 2.05) is 0 Å². The number of hydrogen-bond donors (Lipinski definition) is 2. The van der Waals surface area contributed by atoms with Gasteiger partial charge < -0.3 is 12.3 Å². The topological polar surface area (TPSA) is 63.3 Å². The summed E-state index contributed by atoms with van der Waals surface area (Å²) in [4.78, 5) is 10.8. The van der Waals surface area contributed by atoms with Gasteiger partial charge in [0, 0.05) is 6.54 Å². The van der Waals surface area contributed by atoms with Crippen molar-refractivity contribution in [2.24, 2.45) is 11.7 Å². The quantitative estimate of drug-likeness (QED) is 0.272. The van der Waals surface area contributed by atoms with E-state index in [4.69, 9.17) is 10.8 Å². The minimum absolute atomic E-state index is 0. The van der Waals surface area contributed by atoms with Crippen LogP contribution < -0.4 is 35.3 Å². The molecule has 0 saturated carbocycles. The summed E-state index contributed by atoms with van der Waals surface area (Å²) in [6.45, 7) is 2.55. The van der Waals surface area contributed by atoms with Crippen LogP contribution in [0, 0.1) is 5.92 Å². The first kappa shape index (κ1) is 27.6. The third-order valence-corrected chi connectivity index (χ3v) is 5.04. The van der Waals surface area contributed by atoms with Gasteiger partial charge in [-0.05, 0) is 6.42 Å². The van der Waals surface area contributed by atoms with Crippen LogP contribution >= 0.6 is 0 Å². The van der Waals surface area contributed by atoms with E-state index in [0.717, 1.165) is 19.3 Å². The second kappa shape index (κ2) is 22.5. The molecular weight excluding hydrogens is 321 g/mol. The molecule has 0 spiro atoms. The fourth-order valence-electron chi connectivity index (χ4n) is 3.28. The molecular formula is C21H44NNaO2. The number of carboxylic acid groups (broad SMARTS) is 1. The molecule has 0 aromatic heterocycles. The molecule has 3 N–H and O–H groups in total. The molecule has 0 fully saturated rings. The molecule has 0 radical (unpaired) electrons. The molecule has 0 bridgehead atoms. The Labute approximate surface area is 180 Å². The van der Waals surface area contributed by atoms with E-state index in [1.165, 1.54) is 89.9 Å². The van der Waals surface area contributed by atoms with Crippen molar-refractivity contribution in [2.75, 3.05) is 6.54 Å². The third-order valence-electron chi connectivity index (χ3n) is 5.04. The molecule has 25 heavy (non-hydrogen) atoms. The first-order valence-corrected chi connectivity index (χ1v) is 10.6. The Morgan fingerprint density at radius 1 is 0.760 bits per heavy atom.